The van der Waals surface area contributed by atoms with Gasteiger partial charge in [-0.3, -0.25) is 4.79 Å². The quantitative estimate of drug-likeness (QED) is 0.844. The van der Waals surface area contributed by atoms with Crippen molar-refractivity contribution in [2.75, 3.05) is 17.3 Å². The van der Waals surface area contributed by atoms with Crippen molar-refractivity contribution in [3.8, 4) is 0 Å². The minimum atomic E-state index is 0.197. The number of hydrogen-bond donors (Lipinski definition) is 0. The number of hydrogen-bond acceptors (Lipinski definition) is 4. The lowest BCUT2D eigenvalue weighted by Gasteiger charge is -2.19. The predicted octanol–water partition coefficient (Wildman–Crippen LogP) is 3.36. The molecule has 0 spiro atoms. The molecule has 1 aromatic heterocycles. The van der Waals surface area contributed by atoms with Crippen LogP contribution in [0.1, 0.15) is 5.56 Å². The lowest BCUT2D eigenvalue weighted by Crippen LogP contribution is -2.25. The van der Waals surface area contributed by atoms with Gasteiger partial charge in [0.1, 0.15) is 0 Å². The molecule has 5 heteroatoms. The van der Waals surface area contributed by atoms with Crippen molar-refractivity contribution in [3.63, 3.8) is 0 Å². The van der Waals surface area contributed by atoms with Gasteiger partial charge >= 0.3 is 0 Å². The van der Waals surface area contributed by atoms with E-state index in [9.17, 15) is 4.79 Å². The molecule has 1 unspecified atom stereocenters. The van der Waals surface area contributed by atoms with Crippen LogP contribution in [0.5, 0.6) is 0 Å². The molecule has 1 aliphatic rings. The Morgan fingerprint density at radius 3 is 3.00 bits per heavy atom. The van der Waals surface area contributed by atoms with Crippen LogP contribution in [0.15, 0.2) is 11.4 Å². The zero-order valence-electron chi connectivity index (χ0n) is 8.07. The van der Waals surface area contributed by atoms with Gasteiger partial charge in [-0.05, 0) is 17.0 Å². The summed E-state index contributed by atoms with van der Waals surface area (Å²) in [6.45, 7) is 0. The van der Waals surface area contributed by atoms with E-state index in [1.165, 1.54) is 17.1 Å². The average Bonchev–Trinajstić information content (AvgIpc) is 2.65. The van der Waals surface area contributed by atoms with Gasteiger partial charge in [-0.1, -0.05) is 11.6 Å². The van der Waals surface area contributed by atoms with Crippen LogP contribution >= 0.6 is 46.5 Å². The van der Waals surface area contributed by atoms with E-state index < -0.39 is 0 Å². The summed E-state index contributed by atoms with van der Waals surface area (Å²) in [6, 6.07) is 1.89. The van der Waals surface area contributed by atoms with Gasteiger partial charge in [-0.15, -0.1) is 23.1 Å². The smallest absolute Gasteiger partial charge is 0.151 e. The molecule has 82 valence electrons. The molecule has 1 saturated heterocycles. The van der Waals surface area contributed by atoms with E-state index in [2.05, 4.69) is 0 Å². The molecule has 2 rings (SSSR count). The first kappa shape index (κ1) is 11.8. The van der Waals surface area contributed by atoms with Gasteiger partial charge in [0.2, 0.25) is 0 Å². The molecule has 15 heavy (non-hydrogen) atoms. The van der Waals surface area contributed by atoms with Crippen LogP contribution in [-0.2, 0) is 11.2 Å². The fourth-order valence-electron chi connectivity index (χ4n) is 1.43. The van der Waals surface area contributed by atoms with Crippen LogP contribution < -0.4 is 0 Å². The maximum absolute atomic E-state index is 11.9. The minimum absolute atomic E-state index is 0.197. The number of thiophene rings is 1. The number of carbonyl (C=O) groups excluding carboxylic acids is 1. The molecule has 0 aromatic carbocycles. The number of carbonyl (C=O) groups is 1. The third kappa shape index (κ3) is 3.41. The summed E-state index contributed by atoms with van der Waals surface area (Å²) in [7, 11) is 0. The number of thioether (sulfide) groups is 2. The van der Waals surface area contributed by atoms with E-state index in [0.29, 0.717) is 12.2 Å². The molecule has 1 fully saturated rings. The molecular weight excluding hydrogens is 268 g/mol. The number of rotatable bonds is 3. The standard InChI is InChI=1S/C10H11ClOS3/c11-10-4-7(5-15-10)3-8(12)9-6-13-1-2-14-9/h4-5,9H,1-3,6H2. The van der Waals surface area contributed by atoms with Crippen molar-refractivity contribution in [3.05, 3.63) is 21.3 Å². The second-order valence-corrected chi connectivity index (χ2v) is 7.34. The largest absolute Gasteiger partial charge is 0.298 e. The highest BCUT2D eigenvalue weighted by molar-refractivity contribution is 8.07. The summed E-state index contributed by atoms with van der Waals surface area (Å²) in [5.74, 6) is 3.60. The summed E-state index contributed by atoms with van der Waals surface area (Å²) in [4.78, 5) is 11.9. The van der Waals surface area contributed by atoms with Gasteiger partial charge in [0.25, 0.3) is 0 Å². The van der Waals surface area contributed by atoms with Gasteiger partial charge < -0.3 is 0 Å². The number of halogens is 1. The zero-order valence-corrected chi connectivity index (χ0v) is 11.3. The lowest BCUT2D eigenvalue weighted by molar-refractivity contribution is -0.117. The van der Waals surface area contributed by atoms with Crippen molar-refractivity contribution in [2.24, 2.45) is 0 Å². The molecule has 0 amide bonds. The SMILES string of the molecule is O=C(Cc1csc(Cl)c1)C1CSCCS1. The minimum Gasteiger partial charge on any atom is -0.298 e. The molecule has 0 bridgehead atoms. The normalized spacial score (nSPS) is 21.5. The molecule has 0 aliphatic carbocycles. The topological polar surface area (TPSA) is 17.1 Å². The van der Waals surface area contributed by atoms with Crippen molar-refractivity contribution < 1.29 is 4.79 Å². The van der Waals surface area contributed by atoms with Crippen molar-refractivity contribution >= 4 is 52.2 Å². The first-order valence-electron chi connectivity index (χ1n) is 4.70. The molecule has 0 radical (unpaired) electrons. The fraction of sp³-hybridized carbons (Fsp3) is 0.500. The van der Waals surface area contributed by atoms with Crippen molar-refractivity contribution in [1.82, 2.24) is 0 Å². The van der Waals surface area contributed by atoms with E-state index in [0.717, 1.165) is 21.4 Å². The summed E-state index contributed by atoms with van der Waals surface area (Å²) in [6.07, 6.45) is 0.543. The van der Waals surface area contributed by atoms with Crippen LogP contribution in [-0.4, -0.2) is 28.3 Å². The number of Topliss-reactive ketones (excluding diaryl/α,β-unsaturated/α-hetero) is 1. The van der Waals surface area contributed by atoms with E-state index in [-0.39, 0.29) is 5.25 Å². The number of ketones is 1. The Morgan fingerprint density at radius 2 is 2.40 bits per heavy atom. The maximum Gasteiger partial charge on any atom is 0.151 e. The molecule has 1 aliphatic heterocycles. The fourth-order valence-corrected chi connectivity index (χ4v) is 4.99. The molecule has 0 N–H and O–H groups in total. The van der Waals surface area contributed by atoms with E-state index >= 15 is 0 Å². The molecule has 1 nitrogen and oxygen atoms in total. The van der Waals surface area contributed by atoms with Gasteiger partial charge in [0, 0.05) is 23.7 Å². The first-order chi connectivity index (χ1) is 7.25. The summed E-state index contributed by atoms with van der Waals surface area (Å²) >= 11 is 11.0. The zero-order chi connectivity index (χ0) is 10.7. The molecular formula is C10H11ClOS3. The van der Waals surface area contributed by atoms with Crippen LogP contribution in [0, 0.1) is 0 Å². The lowest BCUT2D eigenvalue weighted by atomic mass is 10.1. The average molecular weight is 279 g/mol. The Morgan fingerprint density at radius 1 is 1.53 bits per heavy atom. The Kier molecular flexibility index (Phi) is 4.43. The summed E-state index contributed by atoms with van der Waals surface area (Å²) < 4.78 is 0.767. The predicted molar refractivity (Wildman–Crippen MR) is 71.6 cm³/mol. The second-order valence-electron chi connectivity index (χ2n) is 3.34. The second kappa shape index (κ2) is 5.62. The van der Waals surface area contributed by atoms with Gasteiger partial charge in [-0.25, -0.2) is 0 Å². The van der Waals surface area contributed by atoms with Gasteiger partial charge in [0.05, 0.1) is 9.59 Å². The third-order valence-electron chi connectivity index (χ3n) is 2.18. The highest BCUT2D eigenvalue weighted by Crippen LogP contribution is 2.27. The monoisotopic (exact) mass is 278 g/mol. The van der Waals surface area contributed by atoms with Crippen LogP contribution in [0.2, 0.25) is 4.34 Å². The Bertz CT molecular complexity index is 344. The Balaban J connectivity index is 1.91. The van der Waals surface area contributed by atoms with Crippen molar-refractivity contribution in [1.29, 1.82) is 0 Å². The maximum atomic E-state index is 11.9. The highest BCUT2D eigenvalue weighted by Gasteiger charge is 2.22. The van der Waals surface area contributed by atoms with Crippen LogP contribution in [0.3, 0.4) is 0 Å². The van der Waals surface area contributed by atoms with E-state index in [1.54, 1.807) is 11.8 Å². The molecule has 1 aromatic rings. The first-order valence-corrected chi connectivity index (χ1v) is 8.17. The summed E-state index contributed by atoms with van der Waals surface area (Å²) in [5.41, 5.74) is 1.06. The van der Waals surface area contributed by atoms with Gasteiger partial charge in [-0.2, -0.15) is 11.8 Å². The third-order valence-corrected chi connectivity index (χ3v) is 6.12. The Hall–Kier alpha value is 0.360. The van der Waals surface area contributed by atoms with Gasteiger partial charge in [0.15, 0.2) is 5.78 Å². The highest BCUT2D eigenvalue weighted by atomic mass is 35.5. The van der Waals surface area contributed by atoms with E-state index in [4.69, 9.17) is 11.6 Å². The molecule has 2 heterocycles. The van der Waals surface area contributed by atoms with Crippen LogP contribution in [0.4, 0.5) is 0 Å². The van der Waals surface area contributed by atoms with Crippen molar-refractivity contribution in [2.45, 2.75) is 11.7 Å². The van der Waals surface area contributed by atoms with Crippen LogP contribution in [0.25, 0.3) is 0 Å². The summed E-state index contributed by atoms with van der Waals surface area (Å²) in [5, 5.41) is 2.17. The van der Waals surface area contributed by atoms with E-state index in [1.807, 2.05) is 23.2 Å². The Labute approximate surface area is 107 Å². The molecule has 1 atom stereocenters. The molecule has 0 saturated carbocycles.